The Balaban J connectivity index is 1.14. The van der Waals surface area contributed by atoms with Crippen LogP contribution >= 0.6 is 11.3 Å². The minimum atomic E-state index is -0.490. The molecule has 2 nitrogen and oxygen atoms in total. The molecule has 1 aromatic heterocycles. The summed E-state index contributed by atoms with van der Waals surface area (Å²) in [6.45, 7) is 6.81. The third-order valence-electron chi connectivity index (χ3n) is 11.6. The number of fused-ring (bicyclic) bond motifs is 4. The summed E-state index contributed by atoms with van der Waals surface area (Å²) in [5, 5.41) is 1.02. The van der Waals surface area contributed by atoms with Crippen molar-refractivity contribution in [3.05, 3.63) is 228 Å². The fourth-order valence-electron chi connectivity index (χ4n) is 8.74. The number of rotatable bonds is 7. The first kappa shape index (κ1) is 34.9. The highest BCUT2D eigenvalue weighted by molar-refractivity contribution is 7.21. The molecule has 0 atom stereocenters. The van der Waals surface area contributed by atoms with Gasteiger partial charge in [0.05, 0.1) is 15.6 Å². The highest BCUT2D eigenvalue weighted by Gasteiger charge is 2.46. The van der Waals surface area contributed by atoms with Gasteiger partial charge < -0.3 is 4.90 Å². The van der Waals surface area contributed by atoms with Crippen LogP contribution in [0, 0.1) is 0 Å². The van der Waals surface area contributed by atoms with Gasteiger partial charge in [-0.25, -0.2) is 4.98 Å². The molecule has 9 aromatic rings. The van der Waals surface area contributed by atoms with Gasteiger partial charge >= 0.3 is 0 Å². The predicted molar refractivity (Wildman–Crippen MR) is 241 cm³/mol. The Bertz CT molecular complexity index is 2810. The lowest BCUT2D eigenvalue weighted by atomic mass is 9.67. The molecule has 0 spiro atoms. The number of aromatic nitrogens is 1. The molecule has 274 valence electrons. The summed E-state index contributed by atoms with van der Waals surface area (Å²) >= 11 is 1.74. The molecule has 0 radical (unpaired) electrons. The molecule has 10 rings (SSSR count). The molecule has 0 unspecified atom stereocenters. The summed E-state index contributed by atoms with van der Waals surface area (Å²) in [5.41, 5.74) is 16.3. The quantitative estimate of drug-likeness (QED) is 0.161. The van der Waals surface area contributed by atoms with Crippen LogP contribution in [-0.4, -0.2) is 4.98 Å². The molecule has 0 N–H and O–H groups in total. The van der Waals surface area contributed by atoms with Gasteiger partial charge in [-0.3, -0.25) is 0 Å². The first-order chi connectivity index (χ1) is 27.9. The maximum absolute atomic E-state index is 5.24. The number of thiazole rings is 1. The van der Waals surface area contributed by atoms with Gasteiger partial charge in [0, 0.05) is 22.6 Å². The van der Waals surface area contributed by atoms with Crippen LogP contribution in [0.15, 0.2) is 200 Å². The van der Waals surface area contributed by atoms with Crippen LogP contribution in [0.4, 0.5) is 17.1 Å². The predicted octanol–water partition coefficient (Wildman–Crippen LogP) is 14.8. The molecule has 0 amide bonds. The van der Waals surface area contributed by atoms with E-state index in [2.05, 4.69) is 226 Å². The molecule has 3 heteroatoms. The molecule has 0 fully saturated rings. The molecule has 8 aromatic carbocycles. The third-order valence-corrected chi connectivity index (χ3v) is 12.6. The summed E-state index contributed by atoms with van der Waals surface area (Å²) < 4.78 is 1.17. The van der Waals surface area contributed by atoms with Gasteiger partial charge in [0.25, 0.3) is 0 Å². The van der Waals surface area contributed by atoms with Crippen LogP contribution in [0.3, 0.4) is 0 Å². The van der Waals surface area contributed by atoms with E-state index in [1.54, 1.807) is 11.3 Å². The highest BCUT2D eigenvalue weighted by Crippen LogP contribution is 2.57. The van der Waals surface area contributed by atoms with Gasteiger partial charge in [-0.2, -0.15) is 0 Å². The second-order valence-corrected chi connectivity index (χ2v) is 17.0. The van der Waals surface area contributed by atoms with E-state index < -0.39 is 5.41 Å². The average Bonchev–Trinajstić information content (AvgIpc) is 3.82. The number of anilines is 3. The van der Waals surface area contributed by atoms with E-state index in [-0.39, 0.29) is 5.41 Å². The molecule has 1 heterocycles. The van der Waals surface area contributed by atoms with Gasteiger partial charge in [-0.1, -0.05) is 178 Å². The Morgan fingerprint density at radius 2 is 0.982 bits per heavy atom. The van der Waals surface area contributed by atoms with Crippen molar-refractivity contribution in [2.75, 3.05) is 4.90 Å². The Morgan fingerprint density at radius 3 is 1.65 bits per heavy atom. The van der Waals surface area contributed by atoms with Gasteiger partial charge in [0.2, 0.25) is 0 Å². The molecule has 57 heavy (non-hydrogen) atoms. The first-order valence-electron chi connectivity index (χ1n) is 19.7. The molecule has 1 aliphatic carbocycles. The Hall–Kier alpha value is -6.55. The summed E-state index contributed by atoms with van der Waals surface area (Å²) in [7, 11) is 0. The topological polar surface area (TPSA) is 16.1 Å². The lowest BCUT2D eigenvalue weighted by Gasteiger charge is -2.35. The van der Waals surface area contributed by atoms with Crippen molar-refractivity contribution >= 4 is 38.6 Å². The second kappa shape index (κ2) is 13.9. The van der Waals surface area contributed by atoms with Crippen LogP contribution < -0.4 is 4.90 Å². The van der Waals surface area contributed by atoms with Crippen molar-refractivity contribution in [1.82, 2.24) is 4.98 Å². The summed E-state index contributed by atoms with van der Waals surface area (Å²) in [6.07, 6.45) is 0. The lowest BCUT2D eigenvalue weighted by molar-refractivity contribution is 0.590. The summed E-state index contributed by atoms with van der Waals surface area (Å²) in [6, 6.07) is 73.3. The Labute approximate surface area is 339 Å². The van der Waals surface area contributed by atoms with E-state index in [9.17, 15) is 0 Å². The number of hydrogen-bond donors (Lipinski definition) is 0. The van der Waals surface area contributed by atoms with Gasteiger partial charge in [0.1, 0.15) is 5.01 Å². The average molecular weight is 751 g/mol. The fourth-order valence-corrected chi connectivity index (χ4v) is 9.69. The van der Waals surface area contributed by atoms with Crippen LogP contribution in [0.2, 0.25) is 0 Å². The zero-order valence-corrected chi connectivity index (χ0v) is 33.2. The fraction of sp³-hybridized carbons (Fsp3) is 0.0926. The van der Waals surface area contributed by atoms with E-state index in [4.69, 9.17) is 4.98 Å². The van der Waals surface area contributed by atoms with E-state index in [1.165, 1.54) is 54.8 Å². The van der Waals surface area contributed by atoms with E-state index in [0.29, 0.717) is 0 Å². The smallest absolute Gasteiger partial charge is 0.124 e. The zero-order valence-electron chi connectivity index (χ0n) is 32.4. The molecule has 0 bridgehead atoms. The number of benzene rings is 8. The monoisotopic (exact) mass is 750 g/mol. The molecule has 0 saturated carbocycles. The summed E-state index contributed by atoms with van der Waals surface area (Å²) in [5.74, 6) is 0. The lowest BCUT2D eigenvalue weighted by Crippen LogP contribution is -2.28. The Morgan fingerprint density at radius 1 is 0.456 bits per heavy atom. The van der Waals surface area contributed by atoms with Crippen molar-refractivity contribution in [3.63, 3.8) is 0 Å². The molecule has 0 aliphatic heterocycles. The minimum Gasteiger partial charge on any atom is -0.310 e. The highest BCUT2D eigenvalue weighted by atomic mass is 32.1. The molecule has 1 aliphatic rings. The maximum Gasteiger partial charge on any atom is 0.124 e. The zero-order chi connectivity index (χ0) is 38.6. The van der Waals surface area contributed by atoms with Crippen molar-refractivity contribution in [2.24, 2.45) is 0 Å². The normalized spacial score (nSPS) is 13.0. The Kier molecular flexibility index (Phi) is 8.50. The maximum atomic E-state index is 5.24. The molecular formula is C54H42N2S. The standard InChI is InChI=1S/C54H42N2S/c1-53(2,3)40-27-29-43(30-28-40)56(45-32-34-51-50(36-45)55-52(57-51)39-25-23-38(24-26-39)37-15-7-4-8-16-37)44-31-33-47-46-21-13-14-22-48(46)54(49(47)35-44,41-17-9-5-10-18-41)42-19-11-6-12-20-42/h4-36H,1-3H3. The molecule has 0 saturated heterocycles. The summed E-state index contributed by atoms with van der Waals surface area (Å²) in [4.78, 5) is 7.65. The van der Waals surface area contributed by atoms with Crippen LogP contribution in [0.5, 0.6) is 0 Å². The largest absolute Gasteiger partial charge is 0.310 e. The van der Waals surface area contributed by atoms with Crippen LogP contribution in [0.25, 0.3) is 43.0 Å². The SMILES string of the molecule is CC(C)(C)c1ccc(N(c2ccc3c(c2)C(c2ccccc2)(c2ccccc2)c2ccccc2-3)c2ccc3sc(-c4ccc(-c5ccccc5)cc4)nc3c2)cc1. The van der Waals surface area contributed by atoms with Crippen molar-refractivity contribution < 1.29 is 0 Å². The minimum absolute atomic E-state index is 0.0445. The second-order valence-electron chi connectivity index (χ2n) is 16.0. The molecular weight excluding hydrogens is 709 g/mol. The van der Waals surface area contributed by atoms with Gasteiger partial charge in [-0.15, -0.1) is 11.3 Å². The number of hydrogen-bond acceptors (Lipinski definition) is 3. The first-order valence-corrected chi connectivity index (χ1v) is 20.5. The van der Waals surface area contributed by atoms with Crippen molar-refractivity contribution in [2.45, 2.75) is 31.6 Å². The third kappa shape index (κ3) is 5.98. The van der Waals surface area contributed by atoms with Crippen molar-refractivity contribution in [3.8, 4) is 32.8 Å². The van der Waals surface area contributed by atoms with Crippen molar-refractivity contribution in [1.29, 1.82) is 0 Å². The van der Waals surface area contributed by atoms with E-state index in [0.717, 1.165) is 33.1 Å². The number of nitrogens with zero attached hydrogens (tertiary/aromatic N) is 2. The van der Waals surface area contributed by atoms with Crippen LogP contribution in [-0.2, 0) is 10.8 Å². The van der Waals surface area contributed by atoms with Crippen LogP contribution in [0.1, 0.15) is 48.6 Å². The van der Waals surface area contributed by atoms with E-state index >= 15 is 0 Å². The van der Waals surface area contributed by atoms with Gasteiger partial charge in [-0.05, 0) is 98.0 Å². The van der Waals surface area contributed by atoms with E-state index in [1.807, 2.05) is 0 Å². The van der Waals surface area contributed by atoms with Gasteiger partial charge in [0.15, 0.2) is 0 Å².